The Morgan fingerprint density at radius 2 is 2.10 bits per heavy atom. The van der Waals surface area contributed by atoms with E-state index in [2.05, 4.69) is 25.1 Å². The normalized spacial score (nSPS) is 16.2. The van der Waals surface area contributed by atoms with Crippen molar-refractivity contribution in [3.05, 3.63) is 35.4 Å². The molecule has 0 saturated carbocycles. The van der Waals surface area contributed by atoms with Crippen molar-refractivity contribution >= 4 is 5.91 Å². The van der Waals surface area contributed by atoms with Gasteiger partial charge >= 0.3 is 0 Å². The summed E-state index contributed by atoms with van der Waals surface area (Å²) in [7, 11) is 4.18. The predicted octanol–water partition coefficient (Wildman–Crippen LogP) is 1.97. The minimum absolute atomic E-state index is 0.0467. The Kier molecular flexibility index (Phi) is 4.75. The van der Waals surface area contributed by atoms with Crippen LogP contribution < -0.4 is 0 Å². The van der Waals surface area contributed by atoms with E-state index in [1.165, 1.54) is 0 Å². The van der Waals surface area contributed by atoms with Crippen molar-refractivity contribution in [2.75, 3.05) is 33.7 Å². The summed E-state index contributed by atoms with van der Waals surface area (Å²) in [5, 5.41) is 8.89. The minimum atomic E-state index is 0.0467. The Morgan fingerprint density at radius 1 is 1.40 bits per heavy atom. The molecule has 0 spiro atoms. The number of rotatable bonds is 3. The van der Waals surface area contributed by atoms with Crippen LogP contribution in [0.2, 0.25) is 0 Å². The van der Waals surface area contributed by atoms with E-state index in [0.29, 0.717) is 17.0 Å². The van der Waals surface area contributed by atoms with Gasteiger partial charge < -0.3 is 9.80 Å². The molecule has 4 heteroatoms. The van der Waals surface area contributed by atoms with Crippen LogP contribution in [0, 0.1) is 17.2 Å². The molecule has 0 aromatic heterocycles. The molecule has 4 nitrogen and oxygen atoms in total. The number of nitrogens with zero attached hydrogens (tertiary/aromatic N) is 3. The fourth-order valence-corrected chi connectivity index (χ4v) is 2.74. The first kappa shape index (κ1) is 14.5. The highest BCUT2D eigenvalue weighted by atomic mass is 16.2. The molecular weight excluding hydrogens is 250 g/mol. The van der Waals surface area contributed by atoms with Gasteiger partial charge in [-0.1, -0.05) is 6.07 Å². The predicted molar refractivity (Wildman–Crippen MR) is 78.3 cm³/mol. The lowest BCUT2D eigenvalue weighted by molar-refractivity contribution is 0.0678. The van der Waals surface area contributed by atoms with Gasteiger partial charge in [0, 0.05) is 25.2 Å². The summed E-state index contributed by atoms with van der Waals surface area (Å²) in [6.07, 6.45) is 2.11. The van der Waals surface area contributed by atoms with Crippen molar-refractivity contribution in [3.8, 4) is 6.07 Å². The summed E-state index contributed by atoms with van der Waals surface area (Å²) < 4.78 is 0. The zero-order chi connectivity index (χ0) is 14.5. The molecule has 1 aromatic rings. The maximum Gasteiger partial charge on any atom is 0.253 e. The van der Waals surface area contributed by atoms with E-state index in [1.54, 1.807) is 24.3 Å². The number of likely N-dealkylation sites (tertiary alicyclic amines) is 1. The molecule has 0 bridgehead atoms. The van der Waals surface area contributed by atoms with Gasteiger partial charge in [0.25, 0.3) is 5.91 Å². The van der Waals surface area contributed by atoms with Gasteiger partial charge in [0.15, 0.2) is 0 Å². The maximum absolute atomic E-state index is 12.4. The summed E-state index contributed by atoms with van der Waals surface area (Å²) in [5.41, 5.74) is 1.16. The first-order chi connectivity index (χ1) is 9.60. The van der Waals surface area contributed by atoms with Crippen LogP contribution in [0.25, 0.3) is 0 Å². The molecule has 0 N–H and O–H groups in total. The van der Waals surface area contributed by atoms with E-state index < -0.39 is 0 Å². The highest BCUT2D eigenvalue weighted by molar-refractivity contribution is 5.94. The zero-order valence-electron chi connectivity index (χ0n) is 12.2. The Bertz CT molecular complexity index is 511. The highest BCUT2D eigenvalue weighted by Gasteiger charge is 2.23. The summed E-state index contributed by atoms with van der Waals surface area (Å²) in [5.74, 6) is 0.727. The molecule has 1 aliphatic heterocycles. The fourth-order valence-electron chi connectivity index (χ4n) is 2.74. The van der Waals surface area contributed by atoms with Gasteiger partial charge in [0.05, 0.1) is 11.6 Å². The molecule has 1 heterocycles. The van der Waals surface area contributed by atoms with Gasteiger partial charge in [-0.25, -0.2) is 0 Å². The van der Waals surface area contributed by atoms with E-state index >= 15 is 0 Å². The smallest absolute Gasteiger partial charge is 0.253 e. The quantitative estimate of drug-likeness (QED) is 0.844. The van der Waals surface area contributed by atoms with Crippen LogP contribution in [-0.4, -0.2) is 49.4 Å². The van der Waals surface area contributed by atoms with Gasteiger partial charge in [-0.2, -0.15) is 5.26 Å². The van der Waals surface area contributed by atoms with Crippen molar-refractivity contribution in [1.29, 1.82) is 5.26 Å². The lowest BCUT2D eigenvalue weighted by Crippen LogP contribution is -2.40. The third-order valence-electron chi connectivity index (χ3n) is 3.76. The van der Waals surface area contributed by atoms with Crippen molar-refractivity contribution < 1.29 is 4.79 Å². The average Bonchev–Trinajstić information content (AvgIpc) is 2.47. The number of hydrogen-bond acceptors (Lipinski definition) is 3. The molecule has 106 valence electrons. The van der Waals surface area contributed by atoms with E-state index in [-0.39, 0.29) is 5.91 Å². The first-order valence-corrected chi connectivity index (χ1v) is 7.04. The first-order valence-electron chi connectivity index (χ1n) is 7.04. The third-order valence-corrected chi connectivity index (χ3v) is 3.76. The van der Waals surface area contributed by atoms with Crippen molar-refractivity contribution in [2.45, 2.75) is 12.8 Å². The maximum atomic E-state index is 12.4. The number of nitriles is 1. The van der Waals surface area contributed by atoms with Crippen LogP contribution in [0.5, 0.6) is 0 Å². The monoisotopic (exact) mass is 271 g/mol. The lowest BCUT2D eigenvalue weighted by atomic mass is 9.96. The number of benzene rings is 1. The van der Waals surface area contributed by atoms with Crippen LogP contribution in [0.1, 0.15) is 28.8 Å². The number of carbonyl (C=O) groups is 1. The van der Waals surface area contributed by atoms with Crippen molar-refractivity contribution in [1.82, 2.24) is 9.80 Å². The van der Waals surface area contributed by atoms with Crippen LogP contribution in [0.4, 0.5) is 0 Å². The SMILES string of the molecule is CN(C)CC1CCN(C(=O)c2cccc(C#N)c2)CC1. The number of carbonyl (C=O) groups excluding carboxylic acids is 1. The Morgan fingerprint density at radius 3 is 2.70 bits per heavy atom. The average molecular weight is 271 g/mol. The molecule has 1 aromatic carbocycles. The Balaban J connectivity index is 1.96. The molecule has 0 unspecified atom stereocenters. The molecule has 2 rings (SSSR count). The Labute approximate surface area is 120 Å². The van der Waals surface area contributed by atoms with E-state index in [0.717, 1.165) is 32.5 Å². The van der Waals surface area contributed by atoms with Crippen molar-refractivity contribution in [3.63, 3.8) is 0 Å². The summed E-state index contributed by atoms with van der Waals surface area (Å²) >= 11 is 0. The van der Waals surface area contributed by atoms with Crippen LogP contribution >= 0.6 is 0 Å². The van der Waals surface area contributed by atoms with Gasteiger partial charge in [-0.05, 0) is 51.1 Å². The highest BCUT2D eigenvalue weighted by Crippen LogP contribution is 2.19. The third kappa shape index (κ3) is 3.58. The molecular formula is C16H21N3O. The second-order valence-corrected chi connectivity index (χ2v) is 5.69. The lowest BCUT2D eigenvalue weighted by Gasteiger charge is -2.33. The van der Waals surface area contributed by atoms with Gasteiger partial charge in [0.1, 0.15) is 0 Å². The molecule has 1 fully saturated rings. The van der Waals surface area contributed by atoms with Crippen LogP contribution in [0.3, 0.4) is 0 Å². The number of amides is 1. The molecule has 0 atom stereocenters. The molecule has 0 radical (unpaired) electrons. The molecule has 20 heavy (non-hydrogen) atoms. The van der Waals surface area contributed by atoms with Gasteiger partial charge in [-0.15, -0.1) is 0 Å². The molecule has 1 amide bonds. The number of piperidine rings is 1. The molecule has 0 aliphatic carbocycles. The summed E-state index contributed by atoms with van der Waals surface area (Å²) in [4.78, 5) is 16.5. The van der Waals surface area contributed by atoms with Crippen LogP contribution in [0.15, 0.2) is 24.3 Å². The standard InChI is InChI=1S/C16H21N3O/c1-18(2)12-13-6-8-19(9-7-13)16(20)15-5-3-4-14(10-15)11-17/h3-5,10,13H,6-9,12H2,1-2H3. The largest absolute Gasteiger partial charge is 0.339 e. The second-order valence-electron chi connectivity index (χ2n) is 5.69. The van der Waals surface area contributed by atoms with Gasteiger partial charge in [0.2, 0.25) is 0 Å². The Hall–Kier alpha value is -1.86. The van der Waals surface area contributed by atoms with E-state index in [9.17, 15) is 4.79 Å². The minimum Gasteiger partial charge on any atom is -0.339 e. The fraction of sp³-hybridized carbons (Fsp3) is 0.500. The summed E-state index contributed by atoms with van der Waals surface area (Å²) in [6.45, 7) is 2.72. The molecule has 1 saturated heterocycles. The zero-order valence-corrected chi connectivity index (χ0v) is 12.2. The van der Waals surface area contributed by atoms with Gasteiger partial charge in [-0.3, -0.25) is 4.79 Å². The van der Waals surface area contributed by atoms with Crippen molar-refractivity contribution in [2.24, 2.45) is 5.92 Å². The number of hydrogen-bond donors (Lipinski definition) is 0. The second kappa shape index (κ2) is 6.53. The molecule has 1 aliphatic rings. The summed E-state index contributed by atoms with van der Waals surface area (Å²) in [6, 6.07) is 9.03. The topological polar surface area (TPSA) is 47.3 Å². The van der Waals surface area contributed by atoms with E-state index in [4.69, 9.17) is 5.26 Å². The van der Waals surface area contributed by atoms with E-state index in [1.807, 2.05) is 4.90 Å². The van der Waals surface area contributed by atoms with Crippen LogP contribution in [-0.2, 0) is 0 Å².